The first-order valence-corrected chi connectivity index (χ1v) is 7.58. The van der Waals surface area contributed by atoms with Gasteiger partial charge in [-0.15, -0.1) is 0 Å². The molecule has 0 atom stereocenters. The van der Waals surface area contributed by atoms with Crippen LogP contribution in [0.1, 0.15) is 11.5 Å². The number of hydrogen-bond acceptors (Lipinski definition) is 4. The Labute approximate surface area is 133 Å². The summed E-state index contributed by atoms with van der Waals surface area (Å²) in [6.45, 7) is 1.60. The fourth-order valence-corrected chi connectivity index (χ4v) is 2.77. The summed E-state index contributed by atoms with van der Waals surface area (Å²) in [5.74, 6) is 2.55. The third-order valence-corrected chi connectivity index (χ3v) is 4.05. The lowest BCUT2D eigenvalue weighted by Gasteiger charge is -2.25. The van der Waals surface area contributed by atoms with Crippen molar-refractivity contribution in [2.45, 2.75) is 13.0 Å². The molecule has 3 aromatic rings. The quantitative estimate of drug-likeness (QED) is 0.718. The van der Waals surface area contributed by atoms with E-state index in [1.807, 2.05) is 48.7 Å². The average Bonchev–Trinajstić information content (AvgIpc) is 2.99. The van der Waals surface area contributed by atoms with Gasteiger partial charge >= 0.3 is 0 Å². The summed E-state index contributed by atoms with van der Waals surface area (Å²) in [5, 5.41) is 0.710. The number of aromatic nitrogens is 2. The normalized spacial score (nSPS) is 14.0. The lowest BCUT2D eigenvalue weighted by molar-refractivity contribution is 0.494. The molecule has 0 bridgehead atoms. The van der Waals surface area contributed by atoms with Gasteiger partial charge in [0.25, 0.3) is 0 Å². The molecule has 0 aliphatic carbocycles. The fourth-order valence-electron chi connectivity index (χ4n) is 2.65. The number of pyridine rings is 1. The SMILES string of the molecule is Clc1ccc(-c2nc3c(o2)CN(c2ccccn2)CC3)cc1. The molecule has 1 aliphatic heterocycles. The maximum absolute atomic E-state index is 5.96. The van der Waals surface area contributed by atoms with Crippen molar-refractivity contribution < 1.29 is 4.42 Å². The Bertz CT molecular complexity index is 783. The molecule has 0 N–H and O–H groups in total. The summed E-state index contributed by atoms with van der Waals surface area (Å²) in [4.78, 5) is 11.2. The molecule has 0 amide bonds. The Morgan fingerprint density at radius 2 is 1.95 bits per heavy atom. The number of hydrogen-bond donors (Lipinski definition) is 0. The molecular weight excluding hydrogens is 298 g/mol. The highest BCUT2D eigenvalue weighted by molar-refractivity contribution is 6.30. The van der Waals surface area contributed by atoms with Crippen molar-refractivity contribution in [3.63, 3.8) is 0 Å². The van der Waals surface area contributed by atoms with Gasteiger partial charge in [-0.05, 0) is 36.4 Å². The van der Waals surface area contributed by atoms with Crippen LogP contribution < -0.4 is 4.90 Å². The third kappa shape index (κ3) is 2.46. The van der Waals surface area contributed by atoms with Crippen LogP contribution in [-0.2, 0) is 13.0 Å². The number of nitrogens with zero attached hydrogens (tertiary/aromatic N) is 3. The lowest BCUT2D eigenvalue weighted by atomic mass is 10.1. The fraction of sp³-hybridized carbons (Fsp3) is 0.176. The van der Waals surface area contributed by atoms with E-state index in [9.17, 15) is 0 Å². The minimum atomic E-state index is 0.657. The van der Waals surface area contributed by atoms with Gasteiger partial charge in [0, 0.05) is 29.7 Å². The summed E-state index contributed by atoms with van der Waals surface area (Å²) in [5.41, 5.74) is 1.99. The molecule has 1 aromatic carbocycles. The van der Waals surface area contributed by atoms with Gasteiger partial charge in [0.1, 0.15) is 11.6 Å². The van der Waals surface area contributed by atoms with E-state index < -0.39 is 0 Å². The Morgan fingerprint density at radius 1 is 1.09 bits per heavy atom. The number of fused-ring (bicyclic) bond motifs is 1. The standard InChI is InChI=1S/C17H14ClN3O/c18-13-6-4-12(5-7-13)17-20-14-8-10-21(11-15(14)22-17)16-3-1-2-9-19-16/h1-7,9H,8,10-11H2. The molecular formula is C17H14ClN3O. The van der Waals surface area contributed by atoms with Crippen molar-refractivity contribution in [2.75, 3.05) is 11.4 Å². The highest BCUT2D eigenvalue weighted by atomic mass is 35.5. The van der Waals surface area contributed by atoms with Crippen LogP contribution in [0.2, 0.25) is 5.02 Å². The topological polar surface area (TPSA) is 42.2 Å². The predicted octanol–water partition coefficient (Wildman–Crippen LogP) is 3.95. The van der Waals surface area contributed by atoms with Crippen molar-refractivity contribution in [1.29, 1.82) is 0 Å². The van der Waals surface area contributed by atoms with E-state index in [0.29, 0.717) is 17.5 Å². The Morgan fingerprint density at radius 3 is 2.73 bits per heavy atom. The Balaban J connectivity index is 1.62. The summed E-state index contributed by atoms with van der Waals surface area (Å²) < 4.78 is 5.96. The maximum Gasteiger partial charge on any atom is 0.226 e. The molecule has 2 aromatic heterocycles. The second-order valence-electron chi connectivity index (χ2n) is 5.26. The molecule has 110 valence electrons. The van der Waals surface area contributed by atoms with Crippen LogP contribution >= 0.6 is 11.6 Å². The minimum absolute atomic E-state index is 0.657. The Hall–Kier alpha value is -2.33. The van der Waals surface area contributed by atoms with Crippen LogP contribution in [0.5, 0.6) is 0 Å². The van der Waals surface area contributed by atoms with E-state index >= 15 is 0 Å². The van der Waals surface area contributed by atoms with Crippen molar-refractivity contribution in [3.8, 4) is 11.5 Å². The molecule has 0 saturated heterocycles. The molecule has 22 heavy (non-hydrogen) atoms. The van der Waals surface area contributed by atoms with Crippen LogP contribution in [0, 0.1) is 0 Å². The highest BCUT2D eigenvalue weighted by Crippen LogP contribution is 2.28. The molecule has 3 heterocycles. The second kappa shape index (κ2) is 5.46. The molecule has 0 spiro atoms. The maximum atomic E-state index is 5.96. The number of rotatable bonds is 2. The first kappa shape index (κ1) is 13.3. The van der Waals surface area contributed by atoms with Crippen LogP contribution in [0.25, 0.3) is 11.5 Å². The summed E-state index contributed by atoms with van der Waals surface area (Å²) >= 11 is 5.92. The van der Waals surface area contributed by atoms with E-state index in [4.69, 9.17) is 16.0 Å². The molecule has 5 heteroatoms. The van der Waals surface area contributed by atoms with Crippen molar-refractivity contribution >= 4 is 17.4 Å². The van der Waals surface area contributed by atoms with Gasteiger partial charge in [0.2, 0.25) is 5.89 Å². The largest absolute Gasteiger partial charge is 0.439 e. The minimum Gasteiger partial charge on any atom is -0.439 e. The van der Waals surface area contributed by atoms with Gasteiger partial charge in [0.15, 0.2) is 0 Å². The average molecular weight is 312 g/mol. The molecule has 4 nitrogen and oxygen atoms in total. The molecule has 0 fully saturated rings. The number of halogens is 1. The third-order valence-electron chi connectivity index (χ3n) is 3.80. The summed E-state index contributed by atoms with van der Waals surface area (Å²) in [6.07, 6.45) is 2.67. The van der Waals surface area contributed by atoms with E-state index in [0.717, 1.165) is 35.8 Å². The van der Waals surface area contributed by atoms with Crippen LogP contribution in [0.3, 0.4) is 0 Å². The van der Waals surface area contributed by atoms with Crippen molar-refractivity contribution in [1.82, 2.24) is 9.97 Å². The summed E-state index contributed by atoms with van der Waals surface area (Å²) in [6, 6.07) is 13.5. The summed E-state index contributed by atoms with van der Waals surface area (Å²) in [7, 11) is 0. The Kier molecular flexibility index (Phi) is 3.31. The van der Waals surface area contributed by atoms with Gasteiger partial charge in [-0.1, -0.05) is 17.7 Å². The van der Waals surface area contributed by atoms with Gasteiger partial charge in [-0.2, -0.15) is 0 Å². The second-order valence-corrected chi connectivity index (χ2v) is 5.69. The van der Waals surface area contributed by atoms with Gasteiger partial charge in [0.05, 0.1) is 12.2 Å². The first-order chi connectivity index (χ1) is 10.8. The molecule has 0 radical (unpaired) electrons. The zero-order chi connectivity index (χ0) is 14.9. The number of benzene rings is 1. The molecule has 1 aliphatic rings. The lowest BCUT2D eigenvalue weighted by Crippen LogP contribution is -2.30. The zero-order valence-corrected chi connectivity index (χ0v) is 12.6. The smallest absolute Gasteiger partial charge is 0.226 e. The van der Waals surface area contributed by atoms with E-state index in [-0.39, 0.29) is 0 Å². The van der Waals surface area contributed by atoms with E-state index in [1.165, 1.54) is 0 Å². The molecule has 0 unspecified atom stereocenters. The van der Waals surface area contributed by atoms with Gasteiger partial charge in [-0.25, -0.2) is 9.97 Å². The van der Waals surface area contributed by atoms with E-state index in [1.54, 1.807) is 0 Å². The zero-order valence-electron chi connectivity index (χ0n) is 11.9. The monoisotopic (exact) mass is 311 g/mol. The van der Waals surface area contributed by atoms with Crippen molar-refractivity contribution in [2.24, 2.45) is 0 Å². The predicted molar refractivity (Wildman–Crippen MR) is 85.9 cm³/mol. The number of anilines is 1. The first-order valence-electron chi connectivity index (χ1n) is 7.20. The van der Waals surface area contributed by atoms with Crippen LogP contribution in [0.4, 0.5) is 5.82 Å². The van der Waals surface area contributed by atoms with Crippen molar-refractivity contribution in [3.05, 3.63) is 65.1 Å². The molecule has 4 rings (SSSR count). The van der Waals surface area contributed by atoms with Crippen LogP contribution in [0.15, 0.2) is 53.1 Å². The van der Waals surface area contributed by atoms with Crippen LogP contribution in [-0.4, -0.2) is 16.5 Å². The number of oxazole rings is 1. The van der Waals surface area contributed by atoms with E-state index in [2.05, 4.69) is 14.9 Å². The molecule has 0 saturated carbocycles. The van der Waals surface area contributed by atoms with Gasteiger partial charge < -0.3 is 9.32 Å². The van der Waals surface area contributed by atoms with Gasteiger partial charge in [-0.3, -0.25) is 0 Å². The highest BCUT2D eigenvalue weighted by Gasteiger charge is 2.23.